The molecule has 0 atom stereocenters. The van der Waals surface area contributed by atoms with Gasteiger partial charge in [-0.25, -0.2) is 4.98 Å². The Kier molecular flexibility index (Phi) is 1.17. The minimum absolute atomic E-state index is 0.0619. The Labute approximate surface area is 74.0 Å². The second-order valence-corrected chi connectivity index (χ2v) is 3.49. The van der Waals surface area contributed by atoms with Crippen molar-refractivity contribution >= 4 is 11.0 Å². The maximum atomic E-state index is 11.3. The molecule has 0 spiro atoms. The van der Waals surface area contributed by atoms with Crippen molar-refractivity contribution in [3.05, 3.63) is 28.4 Å². The molecule has 1 aliphatic rings. The van der Waals surface area contributed by atoms with E-state index in [2.05, 4.69) is 15.0 Å². The molecule has 1 fully saturated rings. The molecular weight excluding hydrogens is 166 g/mol. The van der Waals surface area contributed by atoms with Gasteiger partial charge in [-0.2, -0.15) is 0 Å². The van der Waals surface area contributed by atoms with Crippen LogP contribution in [0.4, 0.5) is 0 Å². The predicted octanol–water partition coefficient (Wildman–Crippen LogP) is 1.13. The molecule has 0 saturated heterocycles. The highest BCUT2D eigenvalue weighted by Gasteiger charge is 2.25. The van der Waals surface area contributed by atoms with Crippen molar-refractivity contribution in [2.24, 2.45) is 0 Å². The van der Waals surface area contributed by atoms with Crippen LogP contribution in [-0.4, -0.2) is 15.0 Å². The molecule has 13 heavy (non-hydrogen) atoms. The zero-order valence-electron chi connectivity index (χ0n) is 7.00. The molecule has 1 aliphatic carbocycles. The van der Waals surface area contributed by atoms with Gasteiger partial charge in [-0.15, -0.1) is 0 Å². The SMILES string of the molecule is O=c1[nH]cnc2[nH]c(C3CC3)cc12. The lowest BCUT2D eigenvalue weighted by Gasteiger charge is -1.86. The number of aromatic nitrogens is 3. The number of nitrogens with zero attached hydrogens (tertiary/aromatic N) is 1. The summed E-state index contributed by atoms with van der Waals surface area (Å²) in [6.07, 6.45) is 3.88. The molecule has 66 valence electrons. The van der Waals surface area contributed by atoms with Crippen LogP contribution in [0.3, 0.4) is 0 Å². The van der Waals surface area contributed by atoms with Crippen LogP contribution >= 0.6 is 0 Å². The topological polar surface area (TPSA) is 61.5 Å². The van der Waals surface area contributed by atoms with Gasteiger partial charge in [-0.3, -0.25) is 4.79 Å². The van der Waals surface area contributed by atoms with Gasteiger partial charge in [-0.05, 0) is 24.8 Å². The molecule has 2 heterocycles. The summed E-state index contributed by atoms with van der Waals surface area (Å²) < 4.78 is 0. The van der Waals surface area contributed by atoms with Gasteiger partial charge < -0.3 is 9.97 Å². The minimum atomic E-state index is -0.0619. The third-order valence-electron chi connectivity index (χ3n) is 2.47. The molecule has 0 aliphatic heterocycles. The molecule has 0 radical (unpaired) electrons. The van der Waals surface area contributed by atoms with E-state index in [-0.39, 0.29) is 5.56 Å². The summed E-state index contributed by atoms with van der Waals surface area (Å²) >= 11 is 0. The summed E-state index contributed by atoms with van der Waals surface area (Å²) in [5.41, 5.74) is 1.79. The highest BCUT2D eigenvalue weighted by Crippen LogP contribution is 2.39. The summed E-state index contributed by atoms with van der Waals surface area (Å²) in [5.74, 6) is 0.633. The van der Waals surface area contributed by atoms with Crippen LogP contribution in [0.15, 0.2) is 17.2 Å². The second-order valence-electron chi connectivity index (χ2n) is 3.49. The molecule has 0 amide bonds. The Morgan fingerprint density at radius 2 is 2.31 bits per heavy atom. The van der Waals surface area contributed by atoms with E-state index in [1.807, 2.05) is 6.07 Å². The molecular formula is C9H9N3O. The van der Waals surface area contributed by atoms with Crippen molar-refractivity contribution in [2.75, 3.05) is 0 Å². The Morgan fingerprint density at radius 1 is 1.46 bits per heavy atom. The summed E-state index contributed by atoms with van der Waals surface area (Å²) in [6.45, 7) is 0. The number of rotatable bonds is 1. The largest absolute Gasteiger partial charge is 0.343 e. The molecule has 4 nitrogen and oxygen atoms in total. The van der Waals surface area contributed by atoms with Crippen molar-refractivity contribution in [2.45, 2.75) is 18.8 Å². The van der Waals surface area contributed by atoms with Crippen molar-refractivity contribution in [1.29, 1.82) is 0 Å². The highest BCUT2D eigenvalue weighted by molar-refractivity contribution is 5.75. The van der Waals surface area contributed by atoms with E-state index in [0.717, 1.165) is 5.69 Å². The fourth-order valence-corrected chi connectivity index (χ4v) is 1.59. The molecule has 0 bridgehead atoms. The third kappa shape index (κ3) is 0.983. The third-order valence-corrected chi connectivity index (χ3v) is 2.47. The van der Waals surface area contributed by atoms with Gasteiger partial charge in [-0.1, -0.05) is 0 Å². The van der Waals surface area contributed by atoms with E-state index in [4.69, 9.17) is 0 Å². The Bertz CT molecular complexity index is 507. The average molecular weight is 175 g/mol. The minimum Gasteiger partial charge on any atom is -0.343 e. The van der Waals surface area contributed by atoms with Crippen LogP contribution in [0.5, 0.6) is 0 Å². The first-order chi connectivity index (χ1) is 6.34. The van der Waals surface area contributed by atoms with Gasteiger partial charge in [0.25, 0.3) is 5.56 Å². The van der Waals surface area contributed by atoms with Gasteiger partial charge >= 0.3 is 0 Å². The van der Waals surface area contributed by atoms with E-state index >= 15 is 0 Å². The smallest absolute Gasteiger partial charge is 0.260 e. The van der Waals surface area contributed by atoms with Crippen molar-refractivity contribution < 1.29 is 0 Å². The molecule has 2 N–H and O–H groups in total. The van der Waals surface area contributed by atoms with Crippen molar-refractivity contribution in [1.82, 2.24) is 15.0 Å². The quantitative estimate of drug-likeness (QED) is 0.682. The standard InChI is InChI=1S/C9H9N3O/c13-9-6-3-7(5-1-2-5)12-8(6)10-4-11-9/h3-5H,1-2H2,(H2,10,11,12,13). The molecule has 0 aromatic carbocycles. The maximum Gasteiger partial charge on any atom is 0.260 e. The first kappa shape index (κ1) is 6.88. The first-order valence-electron chi connectivity index (χ1n) is 4.41. The highest BCUT2D eigenvalue weighted by atomic mass is 16.1. The fraction of sp³-hybridized carbons (Fsp3) is 0.333. The van der Waals surface area contributed by atoms with Gasteiger partial charge in [0.15, 0.2) is 0 Å². The summed E-state index contributed by atoms with van der Waals surface area (Å²) in [6, 6.07) is 1.92. The van der Waals surface area contributed by atoms with Crippen LogP contribution < -0.4 is 5.56 Å². The van der Waals surface area contributed by atoms with Crippen LogP contribution in [0.25, 0.3) is 11.0 Å². The maximum absolute atomic E-state index is 11.3. The zero-order chi connectivity index (χ0) is 8.84. The van der Waals surface area contributed by atoms with E-state index in [1.165, 1.54) is 19.2 Å². The molecule has 4 heteroatoms. The lowest BCUT2D eigenvalue weighted by molar-refractivity contribution is 1.05. The Morgan fingerprint density at radius 3 is 3.00 bits per heavy atom. The molecule has 0 unspecified atom stereocenters. The van der Waals surface area contributed by atoms with Gasteiger partial charge in [0, 0.05) is 5.69 Å². The van der Waals surface area contributed by atoms with Crippen LogP contribution in [0, 0.1) is 0 Å². The van der Waals surface area contributed by atoms with E-state index < -0.39 is 0 Å². The Balaban J connectivity index is 2.32. The van der Waals surface area contributed by atoms with Gasteiger partial charge in [0.1, 0.15) is 5.65 Å². The van der Waals surface area contributed by atoms with E-state index in [1.54, 1.807) is 0 Å². The number of H-pyrrole nitrogens is 2. The molecule has 3 rings (SSSR count). The fourth-order valence-electron chi connectivity index (χ4n) is 1.59. The Hall–Kier alpha value is -1.58. The van der Waals surface area contributed by atoms with Crippen LogP contribution in [-0.2, 0) is 0 Å². The number of nitrogens with one attached hydrogen (secondary N) is 2. The van der Waals surface area contributed by atoms with Crippen LogP contribution in [0.2, 0.25) is 0 Å². The summed E-state index contributed by atoms with van der Waals surface area (Å²) in [7, 11) is 0. The number of hydrogen-bond donors (Lipinski definition) is 2. The van der Waals surface area contributed by atoms with E-state index in [0.29, 0.717) is 17.0 Å². The zero-order valence-corrected chi connectivity index (χ0v) is 7.00. The summed E-state index contributed by atoms with van der Waals surface area (Å²) in [4.78, 5) is 21.1. The number of aromatic amines is 2. The van der Waals surface area contributed by atoms with E-state index in [9.17, 15) is 4.79 Å². The molecule has 2 aromatic rings. The predicted molar refractivity (Wildman–Crippen MR) is 48.7 cm³/mol. The summed E-state index contributed by atoms with van der Waals surface area (Å²) in [5, 5.41) is 0.671. The number of fused-ring (bicyclic) bond motifs is 1. The molecule has 2 aromatic heterocycles. The van der Waals surface area contributed by atoms with Crippen molar-refractivity contribution in [3.63, 3.8) is 0 Å². The molecule has 1 saturated carbocycles. The lowest BCUT2D eigenvalue weighted by atomic mass is 10.3. The lowest BCUT2D eigenvalue weighted by Crippen LogP contribution is -2.04. The average Bonchev–Trinajstić information content (AvgIpc) is 2.87. The monoisotopic (exact) mass is 175 g/mol. The van der Waals surface area contributed by atoms with Crippen molar-refractivity contribution in [3.8, 4) is 0 Å². The number of hydrogen-bond acceptors (Lipinski definition) is 2. The van der Waals surface area contributed by atoms with Gasteiger partial charge in [0.05, 0.1) is 11.7 Å². The second kappa shape index (κ2) is 2.22. The van der Waals surface area contributed by atoms with Crippen LogP contribution in [0.1, 0.15) is 24.5 Å². The van der Waals surface area contributed by atoms with Gasteiger partial charge in [0.2, 0.25) is 0 Å². The first-order valence-corrected chi connectivity index (χ1v) is 4.41. The normalized spacial score (nSPS) is 16.6.